The Hall–Kier alpha value is -1.62. The molecule has 1 atom stereocenters. The number of likely N-dealkylation sites (tertiary alicyclic amines) is 1. The number of amides is 1. The lowest BCUT2D eigenvalue weighted by atomic mass is 9.79. The maximum absolute atomic E-state index is 13.1. The summed E-state index contributed by atoms with van der Waals surface area (Å²) in [5, 5.41) is 3.43. The number of nitrogens with one attached hydrogen (secondary N) is 1. The summed E-state index contributed by atoms with van der Waals surface area (Å²) in [5.41, 5.74) is 1.33. The molecule has 23 heavy (non-hydrogen) atoms. The Kier molecular flexibility index (Phi) is 3.56. The molecule has 5 nitrogen and oxygen atoms in total. The standard InChI is InChI=1S/C18H25N3O2/c1-13-5-10-21(14-3-4-14)17(23)15(13)16(22)20-9-2-6-18(12-20)7-8-19-11-18/h5,10,14,19H,2-4,6-9,11-12H2,1H3. The second kappa shape index (κ2) is 5.48. The lowest BCUT2D eigenvalue weighted by Gasteiger charge is -2.40. The maximum atomic E-state index is 13.1. The van der Waals surface area contributed by atoms with E-state index in [1.54, 1.807) is 4.57 Å². The predicted octanol–water partition coefficient (Wildman–Crippen LogP) is 1.71. The molecule has 4 rings (SSSR count). The van der Waals surface area contributed by atoms with Crippen LogP contribution in [0.5, 0.6) is 0 Å². The van der Waals surface area contributed by atoms with Crippen molar-refractivity contribution in [3.05, 3.63) is 33.7 Å². The number of nitrogens with zero attached hydrogens (tertiary/aromatic N) is 2. The first-order valence-electron chi connectivity index (χ1n) is 8.81. The molecular formula is C18H25N3O2. The second-order valence-corrected chi connectivity index (χ2v) is 7.57. The van der Waals surface area contributed by atoms with E-state index in [1.807, 2.05) is 24.1 Å². The first-order chi connectivity index (χ1) is 11.1. The van der Waals surface area contributed by atoms with Crippen molar-refractivity contribution in [1.29, 1.82) is 0 Å². The van der Waals surface area contributed by atoms with Gasteiger partial charge in [-0.3, -0.25) is 9.59 Å². The van der Waals surface area contributed by atoms with Gasteiger partial charge in [-0.25, -0.2) is 0 Å². The third kappa shape index (κ3) is 2.61. The molecule has 0 aromatic carbocycles. The van der Waals surface area contributed by atoms with Crippen molar-refractivity contribution in [2.45, 2.75) is 45.1 Å². The van der Waals surface area contributed by atoms with Crippen LogP contribution in [0.25, 0.3) is 0 Å². The molecule has 1 spiro atoms. The van der Waals surface area contributed by atoms with Gasteiger partial charge in [-0.15, -0.1) is 0 Å². The number of piperidine rings is 1. The van der Waals surface area contributed by atoms with E-state index in [-0.39, 0.29) is 16.9 Å². The van der Waals surface area contributed by atoms with Crippen LogP contribution in [0.3, 0.4) is 0 Å². The highest BCUT2D eigenvalue weighted by atomic mass is 16.2. The number of hydrogen-bond acceptors (Lipinski definition) is 3. The summed E-state index contributed by atoms with van der Waals surface area (Å²) in [5.74, 6) is -0.0616. The second-order valence-electron chi connectivity index (χ2n) is 7.57. The monoisotopic (exact) mass is 315 g/mol. The molecule has 3 fully saturated rings. The van der Waals surface area contributed by atoms with E-state index < -0.39 is 0 Å². The van der Waals surface area contributed by atoms with E-state index in [1.165, 1.54) is 6.42 Å². The van der Waals surface area contributed by atoms with Gasteiger partial charge in [-0.05, 0) is 57.2 Å². The zero-order chi connectivity index (χ0) is 16.0. The molecule has 1 aliphatic carbocycles. The average Bonchev–Trinajstić information content (AvgIpc) is 3.29. The Morgan fingerprint density at radius 2 is 2.17 bits per heavy atom. The molecular weight excluding hydrogens is 290 g/mol. The minimum Gasteiger partial charge on any atom is -0.338 e. The summed E-state index contributed by atoms with van der Waals surface area (Å²) < 4.78 is 1.76. The van der Waals surface area contributed by atoms with Gasteiger partial charge in [-0.2, -0.15) is 0 Å². The van der Waals surface area contributed by atoms with Gasteiger partial charge >= 0.3 is 0 Å². The molecule has 3 heterocycles. The van der Waals surface area contributed by atoms with E-state index >= 15 is 0 Å². The zero-order valence-electron chi connectivity index (χ0n) is 13.8. The van der Waals surface area contributed by atoms with Gasteiger partial charge in [0.15, 0.2) is 0 Å². The van der Waals surface area contributed by atoms with Crippen LogP contribution in [0.15, 0.2) is 17.1 Å². The van der Waals surface area contributed by atoms with Crippen LogP contribution in [0.4, 0.5) is 0 Å². The fraction of sp³-hybridized carbons (Fsp3) is 0.667. The molecule has 0 bridgehead atoms. The quantitative estimate of drug-likeness (QED) is 0.904. The van der Waals surface area contributed by atoms with E-state index in [9.17, 15) is 9.59 Å². The largest absolute Gasteiger partial charge is 0.338 e. The van der Waals surface area contributed by atoms with Gasteiger partial charge in [0.1, 0.15) is 5.56 Å². The first kappa shape index (κ1) is 14.9. The third-order valence-corrected chi connectivity index (χ3v) is 5.76. The molecule has 2 aliphatic heterocycles. The van der Waals surface area contributed by atoms with Crippen molar-refractivity contribution >= 4 is 5.91 Å². The molecule has 3 aliphatic rings. The summed E-state index contributed by atoms with van der Waals surface area (Å²) in [4.78, 5) is 27.8. The Morgan fingerprint density at radius 1 is 1.35 bits per heavy atom. The molecule has 5 heteroatoms. The van der Waals surface area contributed by atoms with Crippen molar-refractivity contribution < 1.29 is 4.79 Å². The van der Waals surface area contributed by atoms with Crippen molar-refractivity contribution in [3.63, 3.8) is 0 Å². The molecule has 124 valence electrons. The van der Waals surface area contributed by atoms with Crippen LogP contribution in [0, 0.1) is 12.3 Å². The number of hydrogen-bond donors (Lipinski definition) is 1. The van der Waals surface area contributed by atoms with Crippen LogP contribution < -0.4 is 10.9 Å². The number of aryl methyl sites for hydroxylation is 1. The molecule has 2 saturated heterocycles. The SMILES string of the molecule is Cc1ccn(C2CC2)c(=O)c1C(=O)N1CCCC2(CCNC2)C1. The lowest BCUT2D eigenvalue weighted by Crippen LogP contribution is -2.48. The van der Waals surface area contributed by atoms with Gasteiger partial charge in [-0.1, -0.05) is 0 Å². The van der Waals surface area contributed by atoms with Crippen LogP contribution in [-0.2, 0) is 0 Å². The minimum atomic E-state index is -0.0957. The number of rotatable bonds is 2. The summed E-state index contributed by atoms with van der Waals surface area (Å²) in [6.07, 6.45) is 7.31. The maximum Gasteiger partial charge on any atom is 0.263 e. The van der Waals surface area contributed by atoms with E-state index in [2.05, 4.69) is 5.32 Å². The van der Waals surface area contributed by atoms with Crippen LogP contribution in [0.1, 0.15) is 54.1 Å². The highest BCUT2D eigenvalue weighted by Gasteiger charge is 2.40. The van der Waals surface area contributed by atoms with Crippen LogP contribution >= 0.6 is 0 Å². The fourth-order valence-electron chi connectivity index (χ4n) is 4.22. The Balaban J connectivity index is 1.64. The summed E-state index contributed by atoms with van der Waals surface area (Å²) >= 11 is 0. The number of pyridine rings is 1. The normalized spacial score (nSPS) is 27.6. The number of carbonyl (C=O) groups is 1. The molecule has 1 amide bonds. The molecule has 0 radical (unpaired) electrons. The van der Waals surface area contributed by atoms with E-state index in [0.717, 1.165) is 57.4 Å². The van der Waals surface area contributed by atoms with E-state index in [4.69, 9.17) is 0 Å². The number of carbonyl (C=O) groups excluding carboxylic acids is 1. The molecule has 1 aromatic rings. The fourth-order valence-corrected chi connectivity index (χ4v) is 4.22. The number of aromatic nitrogens is 1. The summed E-state index contributed by atoms with van der Waals surface area (Å²) in [7, 11) is 0. The van der Waals surface area contributed by atoms with Crippen LogP contribution in [-0.4, -0.2) is 41.6 Å². The van der Waals surface area contributed by atoms with Gasteiger partial charge in [0.2, 0.25) is 0 Å². The smallest absolute Gasteiger partial charge is 0.263 e. The minimum absolute atomic E-state index is 0.0616. The molecule has 1 aromatic heterocycles. The van der Waals surface area contributed by atoms with Crippen molar-refractivity contribution in [2.24, 2.45) is 5.41 Å². The molecule has 1 saturated carbocycles. The van der Waals surface area contributed by atoms with Gasteiger partial charge in [0.25, 0.3) is 11.5 Å². The lowest BCUT2D eigenvalue weighted by molar-refractivity contribution is 0.0550. The Morgan fingerprint density at radius 3 is 2.87 bits per heavy atom. The Labute approximate surface area is 136 Å². The van der Waals surface area contributed by atoms with Gasteiger partial charge < -0.3 is 14.8 Å². The van der Waals surface area contributed by atoms with Gasteiger partial charge in [0, 0.05) is 37.3 Å². The van der Waals surface area contributed by atoms with Crippen molar-refractivity contribution in [1.82, 2.24) is 14.8 Å². The van der Waals surface area contributed by atoms with E-state index in [0.29, 0.717) is 11.6 Å². The third-order valence-electron chi connectivity index (χ3n) is 5.76. The molecule has 1 unspecified atom stereocenters. The zero-order valence-corrected chi connectivity index (χ0v) is 13.8. The van der Waals surface area contributed by atoms with Crippen LogP contribution in [0.2, 0.25) is 0 Å². The van der Waals surface area contributed by atoms with Crippen molar-refractivity contribution in [2.75, 3.05) is 26.2 Å². The summed E-state index contributed by atoms with van der Waals surface area (Å²) in [6.45, 7) is 5.48. The summed E-state index contributed by atoms with van der Waals surface area (Å²) in [6, 6.07) is 2.23. The predicted molar refractivity (Wildman–Crippen MR) is 88.8 cm³/mol. The van der Waals surface area contributed by atoms with Gasteiger partial charge in [0.05, 0.1) is 0 Å². The highest BCUT2D eigenvalue weighted by molar-refractivity contribution is 5.95. The average molecular weight is 315 g/mol. The highest BCUT2D eigenvalue weighted by Crippen LogP contribution is 2.36. The topological polar surface area (TPSA) is 54.3 Å². The Bertz CT molecular complexity index is 684. The van der Waals surface area contributed by atoms with Crippen molar-refractivity contribution in [3.8, 4) is 0 Å². The first-order valence-corrected chi connectivity index (χ1v) is 8.81. The molecule has 1 N–H and O–H groups in total.